The molecule has 2 bridgehead atoms. The first kappa shape index (κ1) is 12.8. The number of non-ortho nitro benzene ring substituents is 1. The maximum Gasteiger partial charge on any atom is 0.309 e. The van der Waals surface area contributed by atoms with E-state index in [0.29, 0.717) is 11.8 Å². The molecule has 0 N–H and O–H groups in total. The van der Waals surface area contributed by atoms with Crippen LogP contribution in [0.5, 0.6) is 0 Å². The van der Waals surface area contributed by atoms with Gasteiger partial charge in [-0.1, -0.05) is 12.2 Å². The predicted molar refractivity (Wildman–Crippen MR) is 71.7 cm³/mol. The van der Waals surface area contributed by atoms with Gasteiger partial charge in [-0.3, -0.25) is 14.9 Å². The molecule has 0 spiro atoms. The molecule has 104 valence electrons. The van der Waals surface area contributed by atoms with E-state index in [2.05, 4.69) is 12.2 Å². The van der Waals surface area contributed by atoms with E-state index >= 15 is 0 Å². The fourth-order valence-electron chi connectivity index (χ4n) is 3.03. The Balaban J connectivity index is 1.55. The highest BCUT2D eigenvalue weighted by Crippen LogP contribution is 2.43. The number of carbonyl (C=O) groups excluding carboxylic acids is 1. The van der Waals surface area contributed by atoms with Crippen LogP contribution in [0.3, 0.4) is 0 Å². The summed E-state index contributed by atoms with van der Waals surface area (Å²) < 4.78 is 5.32. The number of benzene rings is 1. The summed E-state index contributed by atoms with van der Waals surface area (Å²) in [6.45, 7) is 0.175. The lowest BCUT2D eigenvalue weighted by atomic mass is 9.94. The van der Waals surface area contributed by atoms with Crippen molar-refractivity contribution in [2.75, 3.05) is 0 Å². The number of nitro groups is 1. The summed E-state index contributed by atoms with van der Waals surface area (Å²) >= 11 is 0. The SMILES string of the molecule is O=C(OCc1ccc([N+](=O)[O-])cc1)[C@@H]1C[C@H]2C=C[C@H]1C2. The van der Waals surface area contributed by atoms with Gasteiger partial charge in [-0.15, -0.1) is 0 Å². The molecule has 0 saturated heterocycles. The minimum atomic E-state index is -0.447. The Morgan fingerprint density at radius 1 is 1.25 bits per heavy atom. The molecule has 20 heavy (non-hydrogen) atoms. The van der Waals surface area contributed by atoms with E-state index in [4.69, 9.17) is 4.74 Å². The van der Waals surface area contributed by atoms with Crippen molar-refractivity contribution in [1.29, 1.82) is 0 Å². The van der Waals surface area contributed by atoms with Gasteiger partial charge in [0.2, 0.25) is 0 Å². The summed E-state index contributed by atoms with van der Waals surface area (Å²) in [5.74, 6) is 0.713. The molecule has 2 aliphatic carbocycles. The number of hydrogen-bond donors (Lipinski definition) is 0. The molecule has 1 aromatic carbocycles. The Morgan fingerprint density at radius 3 is 2.55 bits per heavy atom. The molecule has 5 heteroatoms. The lowest BCUT2D eigenvalue weighted by molar-refractivity contribution is -0.384. The molecule has 0 unspecified atom stereocenters. The second-order valence-electron chi connectivity index (χ2n) is 5.42. The van der Waals surface area contributed by atoms with Gasteiger partial charge in [-0.2, -0.15) is 0 Å². The highest BCUT2D eigenvalue weighted by molar-refractivity contribution is 5.74. The number of rotatable bonds is 4. The fourth-order valence-corrected chi connectivity index (χ4v) is 3.03. The van der Waals surface area contributed by atoms with Crippen LogP contribution in [0.4, 0.5) is 5.69 Å². The number of allylic oxidation sites excluding steroid dienone is 2. The van der Waals surface area contributed by atoms with Crippen LogP contribution in [0, 0.1) is 27.9 Å². The largest absolute Gasteiger partial charge is 0.461 e. The first-order chi connectivity index (χ1) is 9.63. The highest BCUT2D eigenvalue weighted by Gasteiger charge is 2.40. The molecule has 3 atom stereocenters. The molecule has 1 fully saturated rings. The Hall–Kier alpha value is -2.17. The van der Waals surface area contributed by atoms with E-state index in [1.165, 1.54) is 12.1 Å². The Bertz CT molecular complexity index is 564. The third-order valence-electron chi connectivity index (χ3n) is 4.11. The highest BCUT2D eigenvalue weighted by atomic mass is 16.6. The van der Waals surface area contributed by atoms with Gasteiger partial charge in [0.15, 0.2) is 0 Å². The van der Waals surface area contributed by atoms with Crippen molar-refractivity contribution < 1.29 is 14.5 Å². The molecule has 3 rings (SSSR count). The fraction of sp³-hybridized carbons (Fsp3) is 0.400. The number of hydrogen-bond acceptors (Lipinski definition) is 4. The third kappa shape index (κ3) is 2.43. The molecule has 0 amide bonds. The normalized spacial score (nSPS) is 26.7. The minimum Gasteiger partial charge on any atom is -0.461 e. The maximum absolute atomic E-state index is 12.0. The first-order valence-corrected chi connectivity index (χ1v) is 6.72. The monoisotopic (exact) mass is 273 g/mol. The van der Waals surface area contributed by atoms with Gasteiger partial charge in [0.25, 0.3) is 5.69 Å². The molecule has 2 aliphatic rings. The average Bonchev–Trinajstić information content (AvgIpc) is 3.08. The van der Waals surface area contributed by atoms with Gasteiger partial charge in [-0.25, -0.2) is 0 Å². The zero-order chi connectivity index (χ0) is 14.1. The molecule has 0 aliphatic heterocycles. The van der Waals surface area contributed by atoms with Crippen molar-refractivity contribution in [3.63, 3.8) is 0 Å². The van der Waals surface area contributed by atoms with Crippen LogP contribution in [0.25, 0.3) is 0 Å². The smallest absolute Gasteiger partial charge is 0.309 e. The van der Waals surface area contributed by atoms with Crippen molar-refractivity contribution in [2.24, 2.45) is 17.8 Å². The Labute approximate surface area is 116 Å². The predicted octanol–water partition coefficient (Wildman–Crippen LogP) is 2.85. The summed E-state index contributed by atoms with van der Waals surface area (Å²) in [7, 11) is 0. The van der Waals surface area contributed by atoms with Crippen LogP contribution >= 0.6 is 0 Å². The van der Waals surface area contributed by atoms with Crippen molar-refractivity contribution in [3.05, 3.63) is 52.1 Å². The molecule has 1 aromatic rings. The molecule has 1 saturated carbocycles. The molecule has 5 nitrogen and oxygen atoms in total. The van der Waals surface area contributed by atoms with E-state index in [1.54, 1.807) is 12.1 Å². The van der Waals surface area contributed by atoms with E-state index < -0.39 is 4.92 Å². The van der Waals surface area contributed by atoms with Gasteiger partial charge in [0.05, 0.1) is 10.8 Å². The lowest BCUT2D eigenvalue weighted by Crippen LogP contribution is -2.21. The molecule has 0 radical (unpaired) electrons. The average molecular weight is 273 g/mol. The summed E-state index contributed by atoms with van der Waals surface area (Å²) in [4.78, 5) is 22.1. The second kappa shape index (κ2) is 5.07. The zero-order valence-electron chi connectivity index (χ0n) is 10.9. The summed E-state index contributed by atoms with van der Waals surface area (Å²) in [6, 6.07) is 6.07. The van der Waals surface area contributed by atoms with Crippen molar-refractivity contribution >= 4 is 11.7 Å². The topological polar surface area (TPSA) is 69.4 Å². The van der Waals surface area contributed by atoms with E-state index in [0.717, 1.165) is 18.4 Å². The summed E-state index contributed by atoms with van der Waals surface area (Å²) in [6.07, 6.45) is 6.26. The van der Waals surface area contributed by atoms with Crippen LogP contribution in [-0.4, -0.2) is 10.9 Å². The quantitative estimate of drug-likeness (QED) is 0.366. The van der Waals surface area contributed by atoms with Gasteiger partial charge in [-0.05, 0) is 42.4 Å². The van der Waals surface area contributed by atoms with Crippen LogP contribution in [0.15, 0.2) is 36.4 Å². The van der Waals surface area contributed by atoms with Crippen molar-refractivity contribution in [3.8, 4) is 0 Å². The number of nitrogens with zero attached hydrogens (tertiary/aromatic N) is 1. The lowest BCUT2D eigenvalue weighted by Gasteiger charge is -2.16. The third-order valence-corrected chi connectivity index (χ3v) is 4.11. The Morgan fingerprint density at radius 2 is 2.00 bits per heavy atom. The van der Waals surface area contributed by atoms with Crippen LogP contribution in [0.2, 0.25) is 0 Å². The number of esters is 1. The molecule has 0 aromatic heterocycles. The van der Waals surface area contributed by atoms with Crippen molar-refractivity contribution in [2.45, 2.75) is 19.4 Å². The van der Waals surface area contributed by atoms with Crippen molar-refractivity contribution in [1.82, 2.24) is 0 Å². The minimum absolute atomic E-state index is 0.0111. The van der Waals surface area contributed by atoms with E-state index in [-0.39, 0.29) is 24.2 Å². The first-order valence-electron chi connectivity index (χ1n) is 6.72. The van der Waals surface area contributed by atoms with Gasteiger partial charge < -0.3 is 4.74 Å². The second-order valence-corrected chi connectivity index (χ2v) is 5.42. The van der Waals surface area contributed by atoms with Gasteiger partial charge in [0, 0.05) is 12.1 Å². The number of ether oxygens (including phenoxy) is 1. The summed E-state index contributed by atoms with van der Waals surface area (Å²) in [5, 5.41) is 10.5. The maximum atomic E-state index is 12.0. The summed E-state index contributed by atoms with van der Waals surface area (Å²) in [5.41, 5.74) is 0.806. The van der Waals surface area contributed by atoms with Gasteiger partial charge >= 0.3 is 5.97 Å². The number of carbonyl (C=O) groups is 1. The van der Waals surface area contributed by atoms with Crippen LogP contribution in [-0.2, 0) is 16.1 Å². The zero-order valence-corrected chi connectivity index (χ0v) is 10.9. The van der Waals surface area contributed by atoms with E-state index in [9.17, 15) is 14.9 Å². The van der Waals surface area contributed by atoms with Crippen LogP contribution < -0.4 is 0 Å². The van der Waals surface area contributed by atoms with E-state index in [1.807, 2.05) is 0 Å². The molecule has 0 heterocycles. The Kier molecular flexibility index (Phi) is 3.26. The number of nitro benzene ring substituents is 1. The molecular weight excluding hydrogens is 258 g/mol. The standard InChI is InChI=1S/C15H15NO4/c17-15(14-8-11-1-4-12(14)7-11)20-9-10-2-5-13(6-3-10)16(18)19/h1-6,11-12,14H,7-9H2/t11-,12-,14+/m0/s1. The van der Waals surface area contributed by atoms with Gasteiger partial charge in [0.1, 0.15) is 6.61 Å². The molecular formula is C15H15NO4. The number of fused-ring (bicyclic) bond motifs is 2. The van der Waals surface area contributed by atoms with Crippen LogP contribution in [0.1, 0.15) is 18.4 Å².